The van der Waals surface area contributed by atoms with Crippen LogP contribution in [0.4, 0.5) is 0 Å². The molecule has 2 heterocycles. The lowest BCUT2D eigenvalue weighted by atomic mass is 10.3. The maximum Gasteiger partial charge on any atom is 0.242 e. The van der Waals surface area contributed by atoms with E-state index in [1.807, 2.05) is 0 Å². The van der Waals surface area contributed by atoms with Crippen molar-refractivity contribution in [2.24, 2.45) is 5.73 Å². The molecular formula is C12H16N4O3S. The van der Waals surface area contributed by atoms with E-state index in [2.05, 4.69) is 14.7 Å². The van der Waals surface area contributed by atoms with Crippen molar-refractivity contribution < 1.29 is 13.2 Å². The monoisotopic (exact) mass is 296 g/mol. The summed E-state index contributed by atoms with van der Waals surface area (Å²) in [6.07, 6.45) is 2.97. The largest absolute Gasteiger partial charge is 0.481 e. The molecule has 0 fully saturated rings. The molecule has 7 nitrogen and oxygen atoms in total. The Morgan fingerprint density at radius 1 is 1.45 bits per heavy atom. The van der Waals surface area contributed by atoms with E-state index in [0.29, 0.717) is 11.6 Å². The first-order valence-corrected chi connectivity index (χ1v) is 7.39. The quantitative estimate of drug-likeness (QED) is 0.712. The topological polar surface area (TPSA) is 110 Å². The Labute approximate surface area is 117 Å². The second-order valence-electron chi connectivity index (χ2n) is 4.10. The van der Waals surface area contributed by atoms with Gasteiger partial charge in [0.05, 0.1) is 12.0 Å². The van der Waals surface area contributed by atoms with Crippen molar-refractivity contribution in [3.05, 3.63) is 41.9 Å². The zero-order chi connectivity index (χ0) is 14.6. The van der Waals surface area contributed by atoms with Crippen molar-refractivity contribution in [3.63, 3.8) is 0 Å². The molecule has 0 radical (unpaired) electrons. The third-order valence-corrected chi connectivity index (χ3v) is 4.10. The van der Waals surface area contributed by atoms with Gasteiger partial charge in [-0.15, -0.1) is 0 Å². The molecule has 0 bridgehead atoms. The highest BCUT2D eigenvalue weighted by molar-refractivity contribution is 7.89. The molecule has 0 saturated heterocycles. The maximum atomic E-state index is 12.0. The summed E-state index contributed by atoms with van der Waals surface area (Å²) >= 11 is 0. The fraction of sp³-hybridized carbons (Fsp3) is 0.250. The van der Waals surface area contributed by atoms with Crippen molar-refractivity contribution in [3.8, 4) is 5.88 Å². The van der Waals surface area contributed by atoms with Crippen molar-refractivity contribution in [2.45, 2.75) is 18.0 Å². The van der Waals surface area contributed by atoms with Crippen LogP contribution in [0.1, 0.15) is 11.3 Å². The van der Waals surface area contributed by atoms with Crippen LogP contribution in [-0.2, 0) is 23.1 Å². The average molecular weight is 296 g/mol. The molecule has 2 aromatic heterocycles. The van der Waals surface area contributed by atoms with Crippen LogP contribution in [0.3, 0.4) is 0 Å². The van der Waals surface area contributed by atoms with Gasteiger partial charge >= 0.3 is 0 Å². The molecule has 0 saturated carbocycles. The number of H-pyrrole nitrogens is 1. The number of nitrogens with two attached hydrogens (primary N) is 1. The maximum absolute atomic E-state index is 12.0. The zero-order valence-corrected chi connectivity index (χ0v) is 11.8. The lowest BCUT2D eigenvalue weighted by molar-refractivity contribution is 0.397. The Morgan fingerprint density at radius 3 is 2.80 bits per heavy atom. The average Bonchev–Trinajstić information content (AvgIpc) is 2.95. The molecule has 0 aliphatic heterocycles. The summed E-state index contributed by atoms with van der Waals surface area (Å²) in [4.78, 5) is 6.98. The number of aromatic amines is 1. The van der Waals surface area contributed by atoms with Crippen molar-refractivity contribution in [1.29, 1.82) is 0 Å². The molecule has 108 valence electrons. The molecule has 8 heteroatoms. The van der Waals surface area contributed by atoms with E-state index in [9.17, 15) is 8.42 Å². The predicted molar refractivity (Wildman–Crippen MR) is 73.5 cm³/mol. The molecule has 2 rings (SSSR count). The van der Waals surface area contributed by atoms with Crippen LogP contribution < -0.4 is 15.2 Å². The number of hydrogen-bond donors (Lipinski definition) is 3. The summed E-state index contributed by atoms with van der Waals surface area (Å²) < 4.78 is 31.5. The Balaban J connectivity index is 2.04. The first-order valence-electron chi connectivity index (χ1n) is 5.91. The van der Waals surface area contributed by atoms with Crippen molar-refractivity contribution in [1.82, 2.24) is 14.7 Å². The lowest BCUT2D eigenvalue weighted by Gasteiger charge is -2.05. The van der Waals surface area contributed by atoms with Gasteiger partial charge in [0.25, 0.3) is 0 Å². The first-order chi connectivity index (χ1) is 9.55. The number of nitrogens with one attached hydrogen (secondary N) is 2. The summed E-state index contributed by atoms with van der Waals surface area (Å²) in [5.74, 6) is 0.481. The van der Waals surface area contributed by atoms with E-state index in [0.717, 1.165) is 5.56 Å². The molecule has 0 amide bonds. The molecule has 0 aromatic carbocycles. The normalized spacial score (nSPS) is 11.5. The number of hydrogen-bond acceptors (Lipinski definition) is 5. The Kier molecular flexibility index (Phi) is 4.38. The second kappa shape index (κ2) is 6.04. The standard InChI is InChI=1S/C12H16N4O3S/c1-19-12-3-2-9(6-15-12)7-16-20(17,18)11-4-10(5-13)14-8-11/h2-4,6,8,14,16H,5,7,13H2,1H3. The summed E-state index contributed by atoms with van der Waals surface area (Å²) in [5.41, 5.74) is 6.84. The first kappa shape index (κ1) is 14.5. The van der Waals surface area contributed by atoms with E-state index in [1.165, 1.54) is 19.4 Å². The minimum absolute atomic E-state index is 0.155. The van der Waals surface area contributed by atoms with E-state index in [1.54, 1.807) is 18.3 Å². The van der Waals surface area contributed by atoms with Crippen LogP contribution in [0, 0.1) is 0 Å². The van der Waals surface area contributed by atoms with E-state index in [-0.39, 0.29) is 18.0 Å². The summed E-state index contributed by atoms with van der Waals surface area (Å²) in [6.45, 7) is 0.417. The van der Waals surface area contributed by atoms with Crippen LogP contribution in [0.15, 0.2) is 35.5 Å². The second-order valence-corrected chi connectivity index (χ2v) is 5.87. The number of aromatic nitrogens is 2. The molecule has 0 spiro atoms. The number of pyridine rings is 1. The molecule has 0 unspecified atom stereocenters. The highest BCUT2D eigenvalue weighted by atomic mass is 32.2. The van der Waals surface area contributed by atoms with Crippen LogP contribution in [0.5, 0.6) is 5.88 Å². The number of nitrogens with zero attached hydrogens (tertiary/aromatic N) is 1. The smallest absolute Gasteiger partial charge is 0.242 e. The third-order valence-electron chi connectivity index (χ3n) is 2.72. The number of methoxy groups -OCH3 is 1. The van der Waals surface area contributed by atoms with Gasteiger partial charge in [0.1, 0.15) is 0 Å². The van der Waals surface area contributed by atoms with Crippen LogP contribution >= 0.6 is 0 Å². The number of rotatable bonds is 6. The molecule has 0 atom stereocenters. The Morgan fingerprint density at radius 2 is 2.25 bits per heavy atom. The van der Waals surface area contributed by atoms with Gasteiger partial charge in [0.15, 0.2) is 0 Å². The van der Waals surface area contributed by atoms with Crippen molar-refractivity contribution >= 4 is 10.0 Å². The molecule has 0 aliphatic carbocycles. The highest BCUT2D eigenvalue weighted by Crippen LogP contribution is 2.12. The van der Waals surface area contributed by atoms with Gasteiger partial charge in [-0.25, -0.2) is 18.1 Å². The van der Waals surface area contributed by atoms with Crippen LogP contribution in [-0.4, -0.2) is 25.5 Å². The molecule has 0 aliphatic rings. The molecule has 2 aromatic rings. The predicted octanol–water partition coefficient (Wildman–Crippen LogP) is 0.355. The van der Waals surface area contributed by atoms with Gasteiger partial charge in [-0.2, -0.15) is 0 Å². The lowest BCUT2D eigenvalue weighted by Crippen LogP contribution is -2.22. The van der Waals surface area contributed by atoms with Gasteiger partial charge in [-0.1, -0.05) is 6.07 Å². The summed E-state index contributed by atoms with van der Waals surface area (Å²) in [5, 5.41) is 0. The highest BCUT2D eigenvalue weighted by Gasteiger charge is 2.15. The SMILES string of the molecule is COc1ccc(CNS(=O)(=O)c2c[nH]c(CN)c2)cn1. The fourth-order valence-electron chi connectivity index (χ4n) is 1.59. The summed E-state index contributed by atoms with van der Waals surface area (Å²) in [7, 11) is -2.04. The van der Waals surface area contributed by atoms with E-state index >= 15 is 0 Å². The minimum atomic E-state index is -3.56. The minimum Gasteiger partial charge on any atom is -0.481 e. The molecule has 4 N–H and O–H groups in total. The van der Waals surface area contributed by atoms with Crippen molar-refractivity contribution in [2.75, 3.05) is 7.11 Å². The van der Waals surface area contributed by atoms with E-state index in [4.69, 9.17) is 10.5 Å². The third kappa shape index (κ3) is 3.35. The molecule has 20 heavy (non-hydrogen) atoms. The molecular weight excluding hydrogens is 280 g/mol. The van der Waals surface area contributed by atoms with Gasteiger partial charge in [0, 0.05) is 37.2 Å². The fourth-order valence-corrected chi connectivity index (χ4v) is 2.62. The number of sulfonamides is 1. The van der Waals surface area contributed by atoms with Gasteiger partial charge in [-0.05, 0) is 11.6 Å². The van der Waals surface area contributed by atoms with Gasteiger partial charge in [-0.3, -0.25) is 0 Å². The zero-order valence-electron chi connectivity index (χ0n) is 11.0. The van der Waals surface area contributed by atoms with E-state index < -0.39 is 10.0 Å². The summed E-state index contributed by atoms with van der Waals surface area (Å²) in [6, 6.07) is 4.93. The Bertz CT molecular complexity index is 664. The van der Waals surface area contributed by atoms with Gasteiger partial charge in [0.2, 0.25) is 15.9 Å². The van der Waals surface area contributed by atoms with Crippen LogP contribution in [0.25, 0.3) is 0 Å². The van der Waals surface area contributed by atoms with Gasteiger partial charge < -0.3 is 15.5 Å². The number of ether oxygens (including phenoxy) is 1. The Hall–Kier alpha value is -1.90. The van der Waals surface area contributed by atoms with Crippen LogP contribution in [0.2, 0.25) is 0 Å².